The molecule has 0 radical (unpaired) electrons. The predicted molar refractivity (Wildman–Crippen MR) is 73.4 cm³/mol. The van der Waals surface area contributed by atoms with Gasteiger partial charge in [0.1, 0.15) is 5.82 Å². The maximum Gasteiger partial charge on any atom is 0.154 e. The zero-order chi connectivity index (χ0) is 12.5. The Morgan fingerprint density at radius 2 is 1.94 bits per heavy atom. The van der Waals surface area contributed by atoms with Crippen molar-refractivity contribution in [2.24, 2.45) is 0 Å². The van der Waals surface area contributed by atoms with Crippen molar-refractivity contribution in [2.75, 3.05) is 6.26 Å². The second-order valence-electron chi connectivity index (χ2n) is 5.88. The molecular formula is C13H23N3S. The lowest BCUT2D eigenvalue weighted by Gasteiger charge is -2.21. The third kappa shape index (κ3) is 2.84. The zero-order valence-corrected chi connectivity index (χ0v) is 12.2. The van der Waals surface area contributed by atoms with Gasteiger partial charge in [0.05, 0.1) is 11.3 Å². The van der Waals surface area contributed by atoms with E-state index < -0.39 is 0 Å². The minimum atomic E-state index is 0.0366. The quantitative estimate of drug-likeness (QED) is 0.825. The largest absolute Gasteiger partial charge is 0.244 e. The molecule has 0 atom stereocenters. The fourth-order valence-corrected chi connectivity index (χ4v) is 2.92. The first kappa shape index (κ1) is 12.9. The predicted octanol–water partition coefficient (Wildman–Crippen LogP) is 3.55. The van der Waals surface area contributed by atoms with Crippen LogP contribution in [0.1, 0.15) is 64.0 Å². The molecule has 0 aliphatic heterocycles. The summed E-state index contributed by atoms with van der Waals surface area (Å²) in [5.74, 6) is 3.78. The van der Waals surface area contributed by atoms with Crippen LogP contribution in [0, 0.1) is 0 Å². The molecular weight excluding hydrogens is 230 g/mol. The summed E-state index contributed by atoms with van der Waals surface area (Å²) in [7, 11) is 0. The van der Waals surface area contributed by atoms with Crippen LogP contribution in [-0.4, -0.2) is 21.0 Å². The molecule has 1 aromatic rings. The topological polar surface area (TPSA) is 30.7 Å². The molecule has 1 fully saturated rings. The van der Waals surface area contributed by atoms with Crippen molar-refractivity contribution in [3.8, 4) is 0 Å². The maximum atomic E-state index is 4.78. The van der Waals surface area contributed by atoms with E-state index in [0.717, 1.165) is 17.4 Å². The van der Waals surface area contributed by atoms with Crippen LogP contribution in [-0.2, 0) is 11.3 Å². The van der Waals surface area contributed by atoms with E-state index in [1.807, 2.05) is 11.8 Å². The molecule has 1 aliphatic rings. The molecule has 0 N–H and O–H groups in total. The molecule has 0 bridgehead atoms. The number of nitrogens with zero attached hydrogens (tertiary/aromatic N) is 3. The van der Waals surface area contributed by atoms with E-state index in [1.54, 1.807) is 0 Å². The lowest BCUT2D eigenvalue weighted by atomic mass is 10.1. The Morgan fingerprint density at radius 1 is 1.29 bits per heavy atom. The number of hydrogen-bond donors (Lipinski definition) is 0. The van der Waals surface area contributed by atoms with E-state index in [0.29, 0.717) is 5.92 Å². The second-order valence-corrected chi connectivity index (χ2v) is 6.75. The minimum absolute atomic E-state index is 0.0366. The molecule has 0 amide bonds. The summed E-state index contributed by atoms with van der Waals surface area (Å²) in [5, 5.41) is 4.77. The first-order valence-corrected chi connectivity index (χ1v) is 7.87. The van der Waals surface area contributed by atoms with Gasteiger partial charge >= 0.3 is 0 Å². The third-order valence-electron chi connectivity index (χ3n) is 3.32. The molecule has 17 heavy (non-hydrogen) atoms. The number of aromatic nitrogens is 3. The molecule has 4 heteroatoms. The first-order valence-electron chi connectivity index (χ1n) is 6.47. The van der Waals surface area contributed by atoms with Gasteiger partial charge in [-0.05, 0) is 39.9 Å². The lowest BCUT2D eigenvalue weighted by molar-refractivity contribution is 0.342. The highest BCUT2D eigenvalue weighted by Crippen LogP contribution is 2.33. The number of rotatable bonds is 3. The molecule has 0 spiro atoms. The van der Waals surface area contributed by atoms with Gasteiger partial charge in [-0.1, -0.05) is 12.8 Å². The van der Waals surface area contributed by atoms with Crippen molar-refractivity contribution in [1.82, 2.24) is 14.8 Å². The van der Waals surface area contributed by atoms with Crippen molar-refractivity contribution >= 4 is 11.8 Å². The summed E-state index contributed by atoms with van der Waals surface area (Å²) in [5.41, 5.74) is 0.0366. The van der Waals surface area contributed by atoms with Crippen LogP contribution >= 0.6 is 11.8 Å². The minimum Gasteiger partial charge on any atom is -0.244 e. The SMILES string of the molecule is CSCc1nc(C2CCCC2)nn1C(C)(C)C. The normalized spacial score (nSPS) is 17.9. The highest BCUT2D eigenvalue weighted by molar-refractivity contribution is 7.97. The van der Waals surface area contributed by atoms with Gasteiger partial charge in [0.2, 0.25) is 0 Å². The van der Waals surface area contributed by atoms with E-state index in [2.05, 4.69) is 31.7 Å². The van der Waals surface area contributed by atoms with Crippen molar-refractivity contribution in [2.45, 2.75) is 63.7 Å². The fraction of sp³-hybridized carbons (Fsp3) is 0.846. The molecule has 0 unspecified atom stereocenters. The van der Waals surface area contributed by atoms with Gasteiger partial charge in [-0.2, -0.15) is 16.9 Å². The zero-order valence-electron chi connectivity index (χ0n) is 11.4. The van der Waals surface area contributed by atoms with Crippen molar-refractivity contribution in [1.29, 1.82) is 0 Å². The summed E-state index contributed by atoms with van der Waals surface area (Å²) < 4.78 is 2.12. The average Bonchev–Trinajstić information content (AvgIpc) is 2.82. The van der Waals surface area contributed by atoms with E-state index in [4.69, 9.17) is 10.1 Å². The fourth-order valence-electron chi connectivity index (χ4n) is 2.48. The van der Waals surface area contributed by atoms with Crippen LogP contribution in [0.3, 0.4) is 0 Å². The maximum absolute atomic E-state index is 4.78. The Kier molecular flexibility index (Phi) is 3.81. The van der Waals surface area contributed by atoms with Crippen LogP contribution < -0.4 is 0 Å². The summed E-state index contributed by atoms with van der Waals surface area (Å²) in [6.45, 7) is 6.60. The molecule has 96 valence electrons. The van der Waals surface area contributed by atoms with Crippen molar-refractivity contribution in [3.05, 3.63) is 11.6 Å². The van der Waals surface area contributed by atoms with Gasteiger partial charge in [-0.3, -0.25) is 0 Å². The van der Waals surface area contributed by atoms with Crippen LogP contribution in [0.5, 0.6) is 0 Å². The average molecular weight is 253 g/mol. The molecule has 3 nitrogen and oxygen atoms in total. The Labute approximate surface area is 108 Å². The molecule has 1 saturated carbocycles. The summed E-state index contributed by atoms with van der Waals surface area (Å²) in [6, 6.07) is 0. The van der Waals surface area contributed by atoms with Gasteiger partial charge in [0.15, 0.2) is 5.82 Å². The Balaban J connectivity index is 2.29. The van der Waals surface area contributed by atoms with Crippen LogP contribution in [0.4, 0.5) is 0 Å². The third-order valence-corrected chi connectivity index (χ3v) is 3.87. The molecule has 1 heterocycles. The van der Waals surface area contributed by atoms with Gasteiger partial charge < -0.3 is 0 Å². The van der Waals surface area contributed by atoms with E-state index >= 15 is 0 Å². The molecule has 2 rings (SSSR count). The van der Waals surface area contributed by atoms with Gasteiger partial charge in [0, 0.05) is 5.92 Å². The second kappa shape index (κ2) is 5.01. The highest BCUT2D eigenvalue weighted by atomic mass is 32.2. The Morgan fingerprint density at radius 3 is 2.47 bits per heavy atom. The van der Waals surface area contributed by atoms with E-state index in [9.17, 15) is 0 Å². The monoisotopic (exact) mass is 253 g/mol. The van der Waals surface area contributed by atoms with Crippen molar-refractivity contribution < 1.29 is 0 Å². The van der Waals surface area contributed by atoms with Crippen LogP contribution in [0.25, 0.3) is 0 Å². The smallest absolute Gasteiger partial charge is 0.154 e. The Bertz CT molecular complexity index is 373. The van der Waals surface area contributed by atoms with Crippen LogP contribution in [0.2, 0.25) is 0 Å². The number of hydrogen-bond acceptors (Lipinski definition) is 3. The lowest BCUT2D eigenvalue weighted by Crippen LogP contribution is -2.25. The molecule has 1 aromatic heterocycles. The summed E-state index contributed by atoms with van der Waals surface area (Å²) in [6.07, 6.45) is 7.34. The first-order chi connectivity index (χ1) is 8.02. The standard InChI is InChI=1S/C13H23N3S/c1-13(2,3)16-11(9-17-4)14-12(15-16)10-7-5-6-8-10/h10H,5-9H2,1-4H3. The summed E-state index contributed by atoms with van der Waals surface area (Å²) >= 11 is 1.82. The molecule has 1 aliphatic carbocycles. The van der Waals surface area contributed by atoms with Gasteiger partial charge in [-0.25, -0.2) is 9.67 Å². The van der Waals surface area contributed by atoms with Crippen molar-refractivity contribution in [3.63, 3.8) is 0 Å². The van der Waals surface area contributed by atoms with Gasteiger partial charge in [-0.15, -0.1) is 0 Å². The number of thioether (sulfide) groups is 1. The summed E-state index contributed by atoms with van der Waals surface area (Å²) in [4.78, 5) is 4.78. The highest BCUT2D eigenvalue weighted by Gasteiger charge is 2.26. The van der Waals surface area contributed by atoms with E-state index in [1.165, 1.54) is 25.7 Å². The molecule has 0 aromatic carbocycles. The van der Waals surface area contributed by atoms with Crippen LogP contribution in [0.15, 0.2) is 0 Å². The van der Waals surface area contributed by atoms with Gasteiger partial charge in [0.25, 0.3) is 0 Å². The molecule has 0 saturated heterocycles. The van der Waals surface area contributed by atoms with E-state index in [-0.39, 0.29) is 5.54 Å². The Hall–Kier alpha value is -0.510.